The van der Waals surface area contributed by atoms with Gasteiger partial charge in [0.05, 0.1) is 6.61 Å². The average molecular weight is 380 g/mol. The summed E-state index contributed by atoms with van der Waals surface area (Å²) in [6.07, 6.45) is 0.375. The number of hydrogen-bond donors (Lipinski definition) is 1. The normalized spacial score (nSPS) is 22.6. The fraction of sp³-hybridized carbons (Fsp3) is 0.579. The zero-order valence-corrected chi connectivity index (χ0v) is 15.8. The third-order valence-corrected chi connectivity index (χ3v) is 4.89. The minimum atomic E-state index is -0.499. The number of carbonyl (C=O) groups is 1. The van der Waals surface area contributed by atoms with Crippen LogP contribution in [-0.2, 0) is 4.74 Å². The van der Waals surface area contributed by atoms with Crippen LogP contribution in [0.15, 0.2) is 23.2 Å². The summed E-state index contributed by atoms with van der Waals surface area (Å²) in [5, 5.41) is 3.34. The Morgan fingerprint density at radius 3 is 2.41 bits per heavy atom. The number of amides is 1. The van der Waals surface area contributed by atoms with E-state index < -0.39 is 11.6 Å². The van der Waals surface area contributed by atoms with Gasteiger partial charge in [0.2, 0.25) is 0 Å². The zero-order chi connectivity index (χ0) is 19.4. The number of rotatable bonds is 4. The van der Waals surface area contributed by atoms with Crippen LogP contribution in [-0.4, -0.2) is 67.2 Å². The molecule has 1 aromatic carbocycles. The Kier molecular flexibility index (Phi) is 6.13. The van der Waals surface area contributed by atoms with Crippen molar-refractivity contribution in [3.63, 3.8) is 0 Å². The fourth-order valence-corrected chi connectivity index (χ4v) is 3.41. The lowest BCUT2D eigenvalue weighted by atomic mass is 10.1. The monoisotopic (exact) mass is 380 g/mol. The first-order valence-corrected chi connectivity index (χ1v) is 9.46. The van der Waals surface area contributed by atoms with Crippen molar-refractivity contribution < 1.29 is 18.3 Å². The van der Waals surface area contributed by atoms with Gasteiger partial charge in [-0.3, -0.25) is 4.99 Å². The first-order valence-electron chi connectivity index (χ1n) is 9.46. The van der Waals surface area contributed by atoms with Crippen LogP contribution in [0.25, 0.3) is 0 Å². The summed E-state index contributed by atoms with van der Waals surface area (Å²) in [7, 11) is 0. The number of halogens is 2. The van der Waals surface area contributed by atoms with Gasteiger partial charge in [-0.2, -0.15) is 0 Å². The Morgan fingerprint density at radius 1 is 1.19 bits per heavy atom. The molecule has 148 valence electrons. The number of guanidine groups is 1. The summed E-state index contributed by atoms with van der Waals surface area (Å²) in [6.45, 7) is 7.07. The van der Waals surface area contributed by atoms with E-state index in [0.717, 1.165) is 5.96 Å². The molecule has 8 heteroatoms. The minimum absolute atomic E-state index is 0.0372. The summed E-state index contributed by atoms with van der Waals surface area (Å²) < 4.78 is 33.0. The van der Waals surface area contributed by atoms with E-state index in [1.165, 1.54) is 18.2 Å². The predicted octanol–water partition coefficient (Wildman–Crippen LogP) is 2.56. The topological polar surface area (TPSA) is 57.2 Å². The van der Waals surface area contributed by atoms with Gasteiger partial charge in [0, 0.05) is 50.2 Å². The highest BCUT2D eigenvalue weighted by Gasteiger charge is 2.43. The maximum atomic E-state index is 14.0. The third-order valence-electron chi connectivity index (χ3n) is 4.89. The van der Waals surface area contributed by atoms with Gasteiger partial charge in [0.25, 0.3) is 0 Å². The van der Waals surface area contributed by atoms with Crippen molar-refractivity contribution >= 4 is 12.1 Å². The molecule has 2 unspecified atom stereocenters. The molecule has 1 amide bonds. The van der Waals surface area contributed by atoms with Crippen molar-refractivity contribution in [3.8, 4) is 0 Å². The largest absolute Gasteiger partial charge is 0.450 e. The van der Waals surface area contributed by atoms with Gasteiger partial charge < -0.3 is 19.9 Å². The molecule has 6 nitrogen and oxygen atoms in total. The second kappa shape index (κ2) is 8.54. The number of hydrogen-bond acceptors (Lipinski definition) is 3. The third kappa shape index (κ3) is 4.48. The molecule has 1 aromatic rings. The standard InChI is InChI=1S/C19H26F2N4O2/c1-3-22-18(24-8-10-25(11-9-24)19(26)27-4-2)23-16-12-13(16)17-14(20)6-5-7-15(17)21/h5-7,13,16H,3-4,8-12H2,1-2H3,(H,22,23). The van der Waals surface area contributed by atoms with E-state index in [1.807, 2.05) is 6.92 Å². The van der Waals surface area contributed by atoms with Gasteiger partial charge in [0.1, 0.15) is 11.6 Å². The molecule has 3 rings (SSSR count). The Morgan fingerprint density at radius 2 is 1.81 bits per heavy atom. The van der Waals surface area contributed by atoms with Crippen molar-refractivity contribution in [1.82, 2.24) is 15.1 Å². The van der Waals surface area contributed by atoms with Crippen LogP contribution in [0, 0.1) is 11.6 Å². The molecule has 0 radical (unpaired) electrons. The van der Waals surface area contributed by atoms with E-state index in [4.69, 9.17) is 4.74 Å². The van der Waals surface area contributed by atoms with Gasteiger partial charge in [-0.1, -0.05) is 6.07 Å². The first-order chi connectivity index (χ1) is 13.0. The van der Waals surface area contributed by atoms with Crippen LogP contribution in [0.1, 0.15) is 31.7 Å². The molecule has 1 aliphatic heterocycles. The molecule has 1 saturated carbocycles. The fourth-order valence-electron chi connectivity index (χ4n) is 3.41. The predicted molar refractivity (Wildman–Crippen MR) is 98.8 cm³/mol. The SMILES string of the molecule is CCN=C(NC1CC1c1c(F)cccc1F)N1CCN(C(=O)OCC)CC1. The second-order valence-corrected chi connectivity index (χ2v) is 6.70. The summed E-state index contributed by atoms with van der Waals surface area (Å²) >= 11 is 0. The van der Waals surface area contributed by atoms with E-state index in [-0.39, 0.29) is 23.6 Å². The van der Waals surface area contributed by atoms with Crippen molar-refractivity contribution in [2.45, 2.75) is 32.2 Å². The average Bonchev–Trinajstić information content (AvgIpc) is 3.40. The molecule has 2 aliphatic rings. The quantitative estimate of drug-likeness (QED) is 0.644. The Hall–Kier alpha value is -2.38. The van der Waals surface area contributed by atoms with Crippen LogP contribution in [0.4, 0.5) is 13.6 Å². The first kappa shape index (κ1) is 19.4. The molecular weight excluding hydrogens is 354 g/mol. The molecule has 1 aliphatic carbocycles. The number of piperazine rings is 1. The molecule has 2 fully saturated rings. The maximum Gasteiger partial charge on any atom is 0.409 e. The minimum Gasteiger partial charge on any atom is -0.450 e. The molecule has 1 saturated heterocycles. The Labute approximate surface area is 158 Å². The molecule has 0 bridgehead atoms. The van der Waals surface area contributed by atoms with Crippen LogP contribution < -0.4 is 5.32 Å². The van der Waals surface area contributed by atoms with Crippen LogP contribution in [0.3, 0.4) is 0 Å². The second-order valence-electron chi connectivity index (χ2n) is 6.70. The van der Waals surface area contributed by atoms with Crippen LogP contribution in [0.5, 0.6) is 0 Å². The summed E-state index contributed by atoms with van der Waals surface area (Å²) in [5.41, 5.74) is 0.151. The number of nitrogens with one attached hydrogen (secondary N) is 1. The summed E-state index contributed by atoms with van der Waals surface area (Å²) in [4.78, 5) is 20.1. The van der Waals surface area contributed by atoms with Gasteiger partial charge in [0.15, 0.2) is 5.96 Å². The number of ether oxygens (including phenoxy) is 1. The van der Waals surface area contributed by atoms with Crippen molar-refractivity contribution in [1.29, 1.82) is 0 Å². The van der Waals surface area contributed by atoms with E-state index in [2.05, 4.69) is 15.2 Å². The smallest absolute Gasteiger partial charge is 0.409 e. The van der Waals surface area contributed by atoms with E-state index in [9.17, 15) is 13.6 Å². The maximum absolute atomic E-state index is 14.0. The number of aliphatic imine (C=N–C) groups is 1. The number of benzene rings is 1. The van der Waals surface area contributed by atoms with Crippen molar-refractivity contribution in [3.05, 3.63) is 35.4 Å². The molecule has 0 spiro atoms. The molecule has 2 atom stereocenters. The molecular formula is C19H26F2N4O2. The van der Waals surface area contributed by atoms with E-state index in [1.54, 1.807) is 11.8 Å². The lowest BCUT2D eigenvalue weighted by Gasteiger charge is -2.36. The number of carbonyl (C=O) groups excluding carboxylic acids is 1. The zero-order valence-electron chi connectivity index (χ0n) is 15.8. The highest BCUT2D eigenvalue weighted by atomic mass is 19.1. The van der Waals surface area contributed by atoms with Crippen molar-refractivity contribution in [2.24, 2.45) is 4.99 Å². The highest BCUT2D eigenvalue weighted by Crippen LogP contribution is 2.43. The summed E-state index contributed by atoms with van der Waals surface area (Å²) in [6, 6.07) is 3.93. The Bertz CT molecular complexity index is 685. The molecule has 1 N–H and O–H groups in total. The van der Waals surface area contributed by atoms with Gasteiger partial charge >= 0.3 is 6.09 Å². The van der Waals surface area contributed by atoms with E-state index in [0.29, 0.717) is 45.8 Å². The lowest BCUT2D eigenvalue weighted by molar-refractivity contribution is 0.0914. The Balaban J connectivity index is 1.59. The number of nitrogens with zero attached hydrogens (tertiary/aromatic N) is 3. The van der Waals surface area contributed by atoms with Gasteiger partial charge in [-0.25, -0.2) is 13.6 Å². The van der Waals surface area contributed by atoms with E-state index >= 15 is 0 Å². The summed E-state index contributed by atoms with van der Waals surface area (Å²) in [5.74, 6) is -0.456. The highest BCUT2D eigenvalue weighted by molar-refractivity contribution is 5.81. The van der Waals surface area contributed by atoms with Gasteiger partial charge in [-0.15, -0.1) is 0 Å². The van der Waals surface area contributed by atoms with Crippen molar-refractivity contribution in [2.75, 3.05) is 39.3 Å². The van der Waals surface area contributed by atoms with Crippen LogP contribution >= 0.6 is 0 Å². The van der Waals surface area contributed by atoms with Gasteiger partial charge in [-0.05, 0) is 32.4 Å². The molecule has 0 aromatic heterocycles. The molecule has 1 heterocycles. The lowest BCUT2D eigenvalue weighted by Crippen LogP contribution is -2.54. The molecule has 27 heavy (non-hydrogen) atoms. The van der Waals surface area contributed by atoms with Crippen LogP contribution in [0.2, 0.25) is 0 Å².